The Labute approximate surface area is 186 Å². The van der Waals surface area contributed by atoms with Gasteiger partial charge in [-0.05, 0) is 25.0 Å². The Bertz CT molecular complexity index is 1190. The Morgan fingerprint density at radius 3 is 2.64 bits per heavy atom. The summed E-state index contributed by atoms with van der Waals surface area (Å²) in [7, 11) is 0. The van der Waals surface area contributed by atoms with Crippen molar-refractivity contribution in [3.05, 3.63) is 51.8 Å². The van der Waals surface area contributed by atoms with Crippen molar-refractivity contribution < 1.29 is 22.7 Å². The van der Waals surface area contributed by atoms with Crippen LogP contribution in [-0.4, -0.2) is 59.4 Å². The molecule has 2 unspecified atom stereocenters. The summed E-state index contributed by atoms with van der Waals surface area (Å²) in [6.07, 6.45) is -4.16. The van der Waals surface area contributed by atoms with Crippen LogP contribution in [0.4, 0.5) is 24.9 Å². The molecule has 3 aliphatic heterocycles. The third kappa shape index (κ3) is 3.84. The molecule has 1 aromatic heterocycles. The van der Waals surface area contributed by atoms with Gasteiger partial charge in [-0.25, -0.2) is 0 Å². The second-order valence-corrected chi connectivity index (χ2v) is 8.49. The van der Waals surface area contributed by atoms with Crippen molar-refractivity contribution >= 4 is 17.5 Å². The maximum atomic E-state index is 13.9. The van der Waals surface area contributed by atoms with E-state index in [1.807, 2.05) is 11.0 Å². The van der Waals surface area contributed by atoms with Crippen molar-refractivity contribution in [3.63, 3.8) is 0 Å². The monoisotopic (exact) mass is 459 g/mol. The molecule has 172 valence electrons. The highest BCUT2D eigenvalue weighted by molar-refractivity contribution is 5.99. The molecule has 2 aromatic rings. The zero-order valence-corrected chi connectivity index (χ0v) is 17.5. The number of fused-ring (bicyclic) bond motifs is 3. The van der Waals surface area contributed by atoms with Gasteiger partial charge in [0.1, 0.15) is 11.9 Å². The zero-order valence-electron chi connectivity index (χ0n) is 17.5. The van der Waals surface area contributed by atoms with E-state index < -0.39 is 30.1 Å². The molecular formula is C22H20F3N5O3. The molecule has 0 N–H and O–H groups in total. The summed E-state index contributed by atoms with van der Waals surface area (Å²) in [4.78, 5) is 33.0. The van der Waals surface area contributed by atoms with Gasteiger partial charge in [-0.3, -0.25) is 14.2 Å². The number of nitrogens with zero attached hydrogens (tertiary/aromatic N) is 5. The quantitative estimate of drug-likeness (QED) is 0.647. The number of ether oxygens (including phenoxy) is 1. The lowest BCUT2D eigenvalue weighted by Crippen LogP contribution is -2.54. The van der Waals surface area contributed by atoms with Gasteiger partial charge in [0.15, 0.2) is 5.78 Å². The van der Waals surface area contributed by atoms with E-state index in [1.54, 1.807) is 0 Å². The Morgan fingerprint density at radius 1 is 1.27 bits per heavy atom. The zero-order chi connectivity index (χ0) is 23.3. The average molecular weight is 459 g/mol. The number of carbonyl (C=O) groups excluding carboxylic acids is 1. The molecule has 2 fully saturated rings. The van der Waals surface area contributed by atoms with Crippen LogP contribution in [0.1, 0.15) is 28.8 Å². The maximum Gasteiger partial charge on any atom is 0.408 e. The standard InChI is InChI=1S/C22H20F3N5O3/c23-22(24,25)18-5-6-28-20(32)8-19(29-10-16-7-15(29)12-33-16)27-21(28)30(18)11-17(31)14-3-1-13(9-26)2-4-14/h1-4,8,15-16,18H,5-7,10-12H2/t15?,16?,18-/m0/s1. The number of rotatable bonds is 4. The highest BCUT2D eigenvalue weighted by atomic mass is 19.4. The van der Waals surface area contributed by atoms with Crippen LogP contribution in [0.3, 0.4) is 0 Å². The highest BCUT2D eigenvalue weighted by Crippen LogP contribution is 2.36. The molecule has 0 saturated carbocycles. The van der Waals surface area contributed by atoms with E-state index in [-0.39, 0.29) is 36.6 Å². The first-order chi connectivity index (χ1) is 15.7. The van der Waals surface area contributed by atoms with E-state index in [0.717, 1.165) is 11.3 Å². The number of carbonyl (C=O) groups is 1. The third-order valence-electron chi connectivity index (χ3n) is 6.46. The predicted octanol–water partition coefficient (Wildman–Crippen LogP) is 2.12. The summed E-state index contributed by atoms with van der Waals surface area (Å²) in [6, 6.07) is 7.05. The number of hydrogen-bond donors (Lipinski definition) is 0. The number of nitriles is 1. The minimum Gasteiger partial charge on any atom is -0.374 e. The van der Waals surface area contributed by atoms with E-state index in [4.69, 9.17) is 10.00 Å². The normalized spacial score (nSPS) is 24.0. The van der Waals surface area contributed by atoms with Crippen molar-refractivity contribution in [2.75, 3.05) is 29.5 Å². The minimum absolute atomic E-state index is 0.0209. The number of aromatic nitrogens is 2. The summed E-state index contributed by atoms with van der Waals surface area (Å²) in [5.74, 6) is -0.409. The van der Waals surface area contributed by atoms with E-state index in [9.17, 15) is 22.8 Å². The topological polar surface area (TPSA) is 91.5 Å². The SMILES string of the molecule is N#Cc1ccc(C(=O)CN2c3nc(N4CC5CC4CO5)cc(=O)n3CC[C@H]2C(F)(F)F)cc1. The Hall–Kier alpha value is -3.39. The number of hydrogen-bond acceptors (Lipinski definition) is 7. The number of halogens is 3. The minimum atomic E-state index is -4.61. The molecular weight excluding hydrogens is 439 g/mol. The molecule has 0 spiro atoms. The van der Waals surface area contributed by atoms with E-state index in [2.05, 4.69) is 4.98 Å². The molecule has 3 atom stereocenters. The van der Waals surface area contributed by atoms with Gasteiger partial charge in [0.05, 0.1) is 36.9 Å². The fraction of sp³-hybridized carbons (Fsp3) is 0.455. The fourth-order valence-corrected chi connectivity index (χ4v) is 4.78. The first-order valence-corrected chi connectivity index (χ1v) is 10.6. The van der Waals surface area contributed by atoms with Gasteiger partial charge in [-0.15, -0.1) is 0 Å². The second kappa shape index (κ2) is 7.88. The predicted molar refractivity (Wildman–Crippen MR) is 111 cm³/mol. The summed E-state index contributed by atoms with van der Waals surface area (Å²) in [6.45, 7) is 0.272. The molecule has 11 heteroatoms. The molecule has 8 nitrogen and oxygen atoms in total. The fourth-order valence-electron chi connectivity index (χ4n) is 4.78. The van der Waals surface area contributed by atoms with Gasteiger partial charge in [-0.1, -0.05) is 12.1 Å². The molecule has 2 bridgehead atoms. The second-order valence-electron chi connectivity index (χ2n) is 8.49. The lowest BCUT2D eigenvalue weighted by molar-refractivity contribution is -0.152. The molecule has 3 aliphatic rings. The molecule has 5 rings (SSSR count). The molecule has 2 saturated heterocycles. The lowest BCUT2D eigenvalue weighted by atomic mass is 10.1. The van der Waals surface area contributed by atoms with Crippen molar-refractivity contribution in [2.45, 2.75) is 43.8 Å². The van der Waals surface area contributed by atoms with Crippen molar-refractivity contribution in [1.82, 2.24) is 9.55 Å². The average Bonchev–Trinajstić information content (AvgIpc) is 3.42. The summed E-state index contributed by atoms with van der Waals surface area (Å²) >= 11 is 0. The number of alkyl halides is 3. The van der Waals surface area contributed by atoms with Crippen LogP contribution in [0.5, 0.6) is 0 Å². The molecule has 33 heavy (non-hydrogen) atoms. The summed E-state index contributed by atoms with van der Waals surface area (Å²) in [5, 5.41) is 8.92. The van der Waals surface area contributed by atoms with Crippen molar-refractivity contribution in [1.29, 1.82) is 5.26 Å². The largest absolute Gasteiger partial charge is 0.408 e. The van der Waals surface area contributed by atoms with E-state index in [0.29, 0.717) is 24.5 Å². The Balaban J connectivity index is 1.52. The maximum absolute atomic E-state index is 13.9. The smallest absolute Gasteiger partial charge is 0.374 e. The third-order valence-corrected chi connectivity index (χ3v) is 6.46. The summed E-state index contributed by atoms with van der Waals surface area (Å²) in [5.41, 5.74) is 0.0690. The summed E-state index contributed by atoms with van der Waals surface area (Å²) < 4.78 is 48.6. The molecule has 0 aliphatic carbocycles. The van der Waals surface area contributed by atoms with Crippen LogP contribution in [-0.2, 0) is 11.3 Å². The number of ketones is 1. The van der Waals surface area contributed by atoms with Gasteiger partial charge in [0, 0.05) is 24.7 Å². The van der Waals surface area contributed by atoms with Gasteiger partial charge in [-0.2, -0.15) is 23.4 Å². The van der Waals surface area contributed by atoms with Crippen molar-refractivity contribution in [2.24, 2.45) is 0 Å². The molecule has 4 heterocycles. The lowest BCUT2D eigenvalue weighted by Gasteiger charge is -2.39. The van der Waals surface area contributed by atoms with Crippen LogP contribution < -0.4 is 15.4 Å². The number of benzene rings is 1. The molecule has 0 radical (unpaired) electrons. The molecule has 0 amide bonds. The van der Waals surface area contributed by atoms with E-state index >= 15 is 0 Å². The van der Waals surface area contributed by atoms with Gasteiger partial charge in [0.2, 0.25) is 5.95 Å². The molecule has 1 aromatic carbocycles. The van der Waals surface area contributed by atoms with Gasteiger partial charge >= 0.3 is 6.18 Å². The van der Waals surface area contributed by atoms with Crippen LogP contribution in [0.2, 0.25) is 0 Å². The van der Waals surface area contributed by atoms with Crippen LogP contribution in [0.15, 0.2) is 35.1 Å². The van der Waals surface area contributed by atoms with Gasteiger partial charge in [0.25, 0.3) is 5.56 Å². The number of morpholine rings is 1. The Kier molecular flexibility index (Phi) is 5.12. The van der Waals surface area contributed by atoms with Gasteiger partial charge < -0.3 is 14.5 Å². The van der Waals surface area contributed by atoms with Crippen LogP contribution in [0.25, 0.3) is 0 Å². The Morgan fingerprint density at radius 2 is 2.03 bits per heavy atom. The number of anilines is 2. The highest BCUT2D eigenvalue weighted by Gasteiger charge is 2.48. The van der Waals surface area contributed by atoms with E-state index in [1.165, 1.54) is 34.9 Å². The van der Waals surface area contributed by atoms with Crippen molar-refractivity contribution in [3.8, 4) is 6.07 Å². The first-order valence-electron chi connectivity index (χ1n) is 10.6. The number of Topliss-reactive ketones (excluding diaryl/α,β-unsaturated/α-hetero) is 1. The van der Waals surface area contributed by atoms with Crippen LogP contribution in [0, 0.1) is 11.3 Å². The van der Waals surface area contributed by atoms with Crippen LogP contribution >= 0.6 is 0 Å². The first kappa shape index (κ1) is 21.5.